The van der Waals surface area contributed by atoms with E-state index >= 15 is 0 Å². The topological polar surface area (TPSA) is 75.9 Å². The second kappa shape index (κ2) is 6.68. The van der Waals surface area contributed by atoms with E-state index in [0.29, 0.717) is 17.9 Å². The molecule has 2 aromatic rings. The van der Waals surface area contributed by atoms with E-state index in [0.717, 1.165) is 36.4 Å². The summed E-state index contributed by atoms with van der Waals surface area (Å²) in [6.07, 6.45) is -3.73. The smallest absolute Gasteiger partial charge is 0.399 e. The maximum absolute atomic E-state index is 13.0. The van der Waals surface area contributed by atoms with Crippen LogP contribution < -0.4 is 16.4 Å². The molecular formula is C16H17ClF3N5. The average molecular weight is 372 g/mol. The number of halogens is 4. The molecular weight excluding hydrogens is 355 g/mol. The molecule has 3 rings (SSSR count). The fourth-order valence-electron chi connectivity index (χ4n) is 2.81. The van der Waals surface area contributed by atoms with Gasteiger partial charge in [0.05, 0.1) is 17.3 Å². The van der Waals surface area contributed by atoms with Crippen LogP contribution in [0.3, 0.4) is 0 Å². The first kappa shape index (κ1) is 17.8. The zero-order valence-corrected chi connectivity index (χ0v) is 14.2. The maximum Gasteiger partial charge on any atom is 0.416 e. The zero-order valence-electron chi connectivity index (χ0n) is 13.4. The lowest BCUT2D eigenvalue weighted by molar-refractivity contribution is -0.137. The van der Waals surface area contributed by atoms with Crippen molar-refractivity contribution in [3.8, 4) is 0 Å². The highest BCUT2D eigenvalue weighted by atomic mass is 35.5. The van der Waals surface area contributed by atoms with Crippen LogP contribution in [-0.2, 0) is 19.1 Å². The normalized spacial score (nSPS) is 15.6. The number of aromatic nitrogens is 2. The van der Waals surface area contributed by atoms with Crippen LogP contribution in [0.25, 0.3) is 0 Å². The number of nitrogens with two attached hydrogens (primary N) is 1. The van der Waals surface area contributed by atoms with Crippen molar-refractivity contribution in [1.29, 1.82) is 0 Å². The monoisotopic (exact) mass is 371 g/mol. The van der Waals surface area contributed by atoms with Gasteiger partial charge in [-0.3, -0.25) is 0 Å². The molecule has 25 heavy (non-hydrogen) atoms. The zero-order chi connectivity index (χ0) is 18.2. The molecule has 134 valence electrons. The average Bonchev–Trinajstić information content (AvgIpc) is 2.53. The number of alkyl halides is 3. The molecule has 0 spiro atoms. The number of anilines is 2. The predicted molar refractivity (Wildman–Crippen MR) is 90.3 cm³/mol. The van der Waals surface area contributed by atoms with Crippen LogP contribution in [0.4, 0.5) is 24.7 Å². The van der Waals surface area contributed by atoms with Gasteiger partial charge < -0.3 is 16.4 Å². The molecule has 0 unspecified atom stereocenters. The first-order valence-electron chi connectivity index (χ1n) is 7.74. The van der Waals surface area contributed by atoms with Crippen LogP contribution in [0, 0.1) is 0 Å². The predicted octanol–water partition coefficient (Wildman–Crippen LogP) is 3.55. The number of benzene rings is 1. The van der Waals surface area contributed by atoms with Gasteiger partial charge in [0.1, 0.15) is 5.82 Å². The third-order valence-electron chi connectivity index (χ3n) is 4.06. The van der Waals surface area contributed by atoms with E-state index in [-0.39, 0.29) is 11.0 Å². The van der Waals surface area contributed by atoms with Crippen LogP contribution in [0.1, 0.15) is 35.3 Å². The maximum atomic E-state index is 13.0. The van der Waals surface area contributed by atoms with E-state index in [1.54, 1.807) is 6.92 Å². The Morgan fingerprint density at radius 1 is 1.28 bits per heavy atom. The van der Waals surface area contributed by atoms with Gasteiger partial charge in [-0.1, -0.05) is 0 Å². The first-order chi connectivity index (χ1) is 11.7. The highest BCUT2D eigenvalue weighted by Gasteiger charge is 2.31. The Morgan fingerprint density at radius 3 is 2.76 bits per heavy atom. The number of hydrogen-bond acceptors (Lipinski definition) is 5. The van der Waals surface area contributed by atoms with Crippen molar-refractivity contribution in [2.75, 3.05) is 17.6 Å². The Bertz CT molecular complexity index is 794. The molecule has 1 aromatic carbocycles. The second-order valence-corrected chi connectivity index (χ2v) is 6.28. The Morgan fingerprint density at radius 2 is 2.04 bits per heavy atom. The summed E-state index contributed by atoms with van der Waals surface area (Å²) in [5.41, 5.74) is 7.06. The molecule has 0 saturated carbocycles. The van der Waals surface area contributed by atoms with Crippen molar-refractivity contribution in [3.05, 3.63) is 45.9 Å². The highest BCUT2D eigenvalue weighted by Crippen LogP contribution is 2.33. The number of nitrogen functional groups attached to an aromatic ring is 1. The number of nitrogens with zero attached hydrogens (tertiary/aromatic N) is 2. The summed E-state index contributed by atoms with van der Waals surface area (Å²) in [7, 11) is 0. The lowest BCUT2D eigenvalue weighted by Crippen LogP contribution is -2.27. The fraction of sp³-hybridized carbons (Fsp3) is 0.375. The van der Waals surface area contributed by atoms with E-state index in [1.807, 2.05) is 0 Å². The summed E-state index contributed by atoms with van der Waals surface area (Å²) in [6.45, 7) is 3.11. The minimum atomic E-state index is -4.45. The molecule has 4 N–H and O–H groups in total. The van der Waals surface area contributed by atoms with Gasteiger partial charge in [-0.25, -0.2) is 9.97 Å². The van der Waals surface area contributed by atoms with Crippen molar-refractivity contribution >= 4 is 23.1 Å². The Kier molecular flexibility index (Phi) is 4.75. The molecule has 9 heteroatoms. The lowest BCUT2D eigenvalue weighted by Gasteiger charge is -2.23. The third-order valence-corrected chi connectivity index (χ3v) is 4.23. The SMILES string of the molecule is C[C@@H](Nc1nc(Cl)nc2c1CNCC2)c1cc(N)cc(C(F)(F)F)c1. The summed E-state index contributed by atoms with van der Waals surface area (Å²) in [4.78, 5) is 8.42. The van der Waals surface area contributed by atoms with Crippen LogP contribution in [0.5, 0.6) is 0 Å². The van der Waals surface area contributed by atoms with E-state index in [2.05, 4.69) is 20.6 Å². The number of hydrogen-bond donors (Lipinski definition) is 3. The second-order valence-electron chi connectivity index (χ2n) is 5.95. The standard InChI is InChI=1S/C16H17ClF3N5/c1-8(9-4-10(16(18,19)20)6-11(21)5-9)23-14-12-7-22-3-2-13(12)24-15(17)25-14/h4-6,8,22H,2-3,7,21H2,1H3,(H,23,24,25)/t8-/m1/s1. The first-order valence-corrected chi connectivity index (χ1v) is 8.12. The van der Waals surface area contributed by atoms with Gasteiger partial charge in [-0.2, -0.15) is 13.2 Å². The highest BCUT2D eigenvalue weighted by molar-refractivity contribution is 6.28. The third kappa shape index (κ3) is 3.96. The Labute approximate surface area is 147 Å². The molecule has 1 aliphatic heterocycles. The van der Waals surface area contributed by atoms with E-state index in [9.17, 15) is 13.2 Å². The van der Waals surface area contributed by atoms with Crippen LogP contribution >= 0.6 is 11.6 Å². The Balaban J connectivity index is 1.92. The van der Waals surface area contributed by atoms with Crippen molar-refractivity contribution < 1.29 is 13.2 Å². The van der Waals surface area contributed by atoms with Crippen molar-refractivity contribution in [2.45, 2.75) is 32.1 Å². The van der Waals surface area contributed by atoms with Crippen LogP contribution in [0.15, 0.2) is 18.2 Å². The molecule has 0 radical (unpaired) electrons. The van der Waals surface area contributed by atoms with Gasteiger partial charge in [-0.05, 0) is 42.3 Å². The molecule has 0 bridgehead atoms. The minimum Gasteiger partial charge on any atom is -0.399 e. The molecule has 1 aliphatic rings. The van der Waals surface area contributed by atoms with Gasteiger partial charge in [0, 0.05) is 30.8 Å². The summed E-state index contributed by atoms with van der Waals surface area (Å²) >= 11 is 5.97. The molecule has 0 aliphatic carbocycles. The summed E-state index contributed by atoms with van der Waals surface area (Å²) in [6, 6.07) is 3.08. The molecule has 0 amide bonds. The fourth-order valence-corrected chi connectivity index (χ4v) is 3.00. The number of rotatable bonds is 3. The Hall–Kier alpha value is -2.06. The largest absolute Gasteiger partial charge is 0.416 e. The van der Waals surface area contributed by atoms with E-state index in [1.165, 1.54) is 6.07 Å². The van der Waals surface area contributed by atoms with Crippen molar-refractivity contribution in [3.63, 3.8) is 0 Å². The van der Waals surface area contributed by atoms with Crippen LogP contribution in [-0.4, -0.2) is 16.5 Å². The molecule has 0 fully saturated rings. The molecule has 2 heterocycles. The van der Waals surface area contributed by atoms with E-state index in [4.69, 9.17) is 17.3 Å². The quantitative estimate of drug-likeness (QED) is 0.568. The van der Waals surface area contributed by atoms with Gasteiger partial charge in [0.15, 0.2) is 0 Å². The summed E-state index contributed by atoms with van der Waals surface area (Å²) in [5.74, 6) is 0.519. The summed E-state index contributed by atoms with van der Waals surface area (Å²) < 4.78 is 39.0. The van der Waals surface area contributed by atoms with Crippen molar-refractivity contribution in [1.82, 2.24) is 15.3 Å². The van der Waals surface area contributed by atoms with Crippen LogP contribution in [0.2, 0.25) is 5.28 Å². The van der Waals surface area contributed by atoms with Gasteiger partial charge in [0.2, 0.25) is 5.28 Å². The van der Waals surface area contributed by atoms with E-state index < -0.39 is 17.8 Å². The number of fused-ring (bicyclic) bond motifs is 1. The number of nitrogens with one attached hydrogen (secondary N) is 2. The molecule has 1 atom stereocenters. The molecule has 0 saturated heterocycles. The lowest BCUT2D eigenvalue weighted by atomic mass is 10.0. The van der Waals surface area contributed by atoms with Gasteiger partial charge >= 0.3 is 6.18 Å². The van der Waals surface area contributed by atoms with Crippen molar-refractivity contribution in [2.24, 2.45) is 0 Å². The minimum absolute atomic E-state index is 0.0582. The molecule has 5 nitrogen and oxygen atoms in total. The molecule has 1 aromatic heterocycles. The van der Waals surface area contributed by atoms with Gasteiger partial charge in [0.25, 0.3) is 0 Å². The van der Waals surface area contributed by atoms with Gasteiger partial charge in [-0.15, -0.1) is 0 Å². The summed E-state index contributed by atoms with van der Waals surface area (Å²) in [5, 5.41) is 6.46.